The number of sulfonamides is 1. The predicted octanol–water partition coefficient (Wildman–Crippen LogP) is -0.465. The monoisotopic (exact) mass is 394 g/mol. The highest BCUT2D eigenvalue weighted by molar-refractivity contribution is 7.89. The molecule has 1 atom stereocenters. The molecule has 0 spiro atoms. The van der Waals surface area contributed by atoms with Crippen molar-refractivity contribution in [2.24, 2.45) is 0 Å². The van der Waals surface area contributed by atoms with Crippen molar-refractivity contribution < 1.29 is 22.5 Å². The first-order valence-corrected chi connectivity index (χ1v) is 9.38. The predicted molar refractivity (Wildman–Crippen MR) is 91.2 cm³/mol. The van der Waals surface area contributed by atoms with Crippen LogP contribution in [0.5, 0.6) is 0 Å². The van der Waals surface area contributed by atoms with E-state index in [0.717, 1.165) is 0 Å². The summed E-state index contributed by atoms with van der Waals surface area (Å²) in [5.41, 5.74) is 0.356. The van der Waals surface area contributed by atoms with Gasteiger partial charge in [-0.15, -0.1) is 12.4 Å². The van der Waals surface area contributed by atoms with Gasteiger partial charge < -0.3 is 19.5 Å². The number of nitrogens with zero attached hydrogens (tertiary/aromatic N) is 3. The molecule has 25 heavy (non-hydrogen) atoms. The summed E-state index contributed by atoms with van der Waals surface area (Å²) in [5.74, 6) is 0.249. The number of amides is 1. The molecule has 2 fully saturated rings. The molecule has 0 radical (unpaired) electrons. The van der Waals surface area contributed by atoms with Crippen molar-refractivity contribution in [2.75, 3.05) is 45.9 Å². The molecule has 2 aliphatic rings. The summed E-state index contributed by atoms with van der Waals surface area (Å²) >= 11 is 0. The van der Waals surface area contributed by atoms with Crippen LogP contribution in [-0.4, -0.2) is 80.7 Å². The molecule has 9 nitrogen and oxygen atoms in total. The lowest BCUT2D eigenvalue weighted by Gasteiger charge is -2.36. The molecule has 0 bridgehead atoms. The fraction of sp³-hybridized carbons (Fsp3) is 0.714. The molecular weight excluding hydrogens is 372 g/mol. The van der Waals surface area contributed by atoms with Crippen molar-refractivity contribution in [3.05, 3.63) is 11.5 Å². The second-order valence-electron chi connectivity index (χ2n) is 5.96. The van der Waals surface area contributed by atoms with E-state index >= 15 is 0 Å². The minimum absolute atomic E-state index is 0. The zero-order chi connectivity index (χ0) is 17.3. The second-order valence-corrected chi connectivity index (χ2v) is 7.84. The van der Waals surface area contributed by atoms with Gasteiger partial charge in [0.15, 0.2) is 5.76 Å². The van der Waals surface area contributed by atoms with Crippen LogP contribution in [0.3, 0.4) is 0 Å². The molecule has 1 aromatic rings. The van der Waals surface area contributed by atoms with Crippen molar-refractivity contribution >= 4 is 28.3 Å². The summed E-state index contributed by atoms with van der Waals surface area (Å²) in [6, 6.07) is -0.343. The van der Waals surface area contributed by atoms with Gasteiger partial charge in [-0.05, 0) is 13.8 Å². The molecule has 0 aliphatic carbocycles. The maximum absolute atomic E-state index is 12.8. The second kappa shape index (κ2) is 8.00. The van der Waals surface area contributed by atoms with E-state index in [-0.39, 0.29) is 48.1 Å². The van der Waals surface area contributed by atoms with Crippen molar-refractivity contribution in [3.63, 3.8) is 0 Å². The molecule has 1 amide bonds. The molecule has 11 heteroatoms. The third kappa shape index (κ3) is 3.98. The zero-order valence-corrected chi connectivity index (χ0v) is 15.9. The van der Waals surface area contributed by atoms with Crippen molar-refractivity contribution in [3.8, 4) is 0 Å². The van der Waals surface area contributed by atoms with Crippen LogP contribution in [0.1, 0.15) is 11.5 Å². The summed E-state index contributed by atoms with van der Waals surface area (Å²) in [7, 11) is -3.66. The Morgan fingerprint density at radius 2 is 1.92 bits per heavy atom. The third-order valence-electron chi connectivity index (χ3n) is 4.34. The van der Waals surface area contributed by atoms with Crippen molar-refractivity contribution in [2.45, 2.75) is 24.8 Å². The van der Waals surface area contributed by atoms with Crippen LogP contribution in [0.2, 0.25) is 0 Å². The molecule has 3 heterocycles. The number of rotatable bonds is 3. The lowest BCUT2D eigenvalue weighted by molar-refractivity contribution is -0.137. The maximum Gasteiger partial charge on any atom is 0.248 e. The van der Waals surface area contributed by atoms with E-state index in [2.05, 4.69) is 10.5 Å². The topological polar surface area (TPSA) is 105 Å². The van der Waals surface area contributed by atoms with Crippen LogP contribution in [-0.2, 0) is 19.6 Å². The molecule has 2 aliphatic heterocycles. The van der Waals surface area contributed by atoms with E-state index in [1.165, 1.54) is 4.31 Å². The highest BCUT2D eigenvalue weighted by Gasteiger charge is 2.35. The smallest absolute Gasteiger partial charge is 0.248 e. The quantitative estimate of drug-likeness (QED) is 0.739. The molecule has 142 valence electrons. The number of ether oxygens (including phenoxy) is 1. The number of carbonyl (C=O) groups excluding carboxylic acids is 1. The summed E-state index contributed by atoms with van der Waals surface area (Å²) < 4.78 is 37.2. The average molecular weight is 395 g/mol. The van der Waals surface area contributed by atoms with Gasteiger partial charge in [0.1, 0.15) is 16.6 Å². The highest BCUT2D eigenvalue weighted by atomic mass is 35.5. The van der Waals surface area contributed by atoms with Gasteiger partial charge in [-0.3, -0.25) is 4.79 Å². The Bertz CT molecular complexity index is 689. The number of hydrogen-bond acceptors (Lipinski definition) is 7. The Morgan fingerprint density at radius 3 is 2.44 bits per heavy atom. The zero-order valence-electron chi connectivity index (χ0n) is 14.2. The number of morpholine rings is 1. The summed E-state index contributed by atoms with van der Waals surface area (Å²) in [4.78, 5) is 14.3. The fourth-order valence-corrected chi connectivity index (χ4v) is 4.78. The summed E-state index contributed by atoms with van der Waals surface area (Å²) in [6.07, 6.45) is 0. The average Bonchev–Trinajstić information content (AvgIpc) is 2.94. The maximum atomic E-state index is 12.8. The van der Waals surface area contributed by atoms with Gasteiger partial charge in [0, 0.05) is 32.7 Å². The summed E-state index contributed by atoms with van der Waals surface area (Å²) in [5, 5.41) is 6.84. The first kappa shape index (κ1) is 20.1. The van der Waals surface area contributed by atoms with E-state index in [0.29, 0.717) is 38.5 Å². The van der Waals surface area contributed by atoms with E-state index in [1.54, 1.807) is 18.7 Å². The Balaban J connectivity index is 0.00000225. The van der Waals surface area contributed by atoms with Crippen LogP contribution in [0.4, 0.5) is 0 Å². The third-order valence-corrected chi connectivity index (χ3v) is 6.48. The molecule has 1 aromatic heterocycles. The van der Waals surface area contributed by atoms with E-state index in [1.807, 2.05) is 0 Å². The molecule has 1 N–H and O–H groups in total. The molecule has 1 unspecified atom stereocenters. The number of carbonyl (C=O) groups is 1. The number of hydrogen-bond donors (Lipinski definition) is 1. The Labute approximate surface area is 153 Å². The SMILES string of the molecule is Cc1noc(C)c1S(=O)(=O)N1CCN(C(=O)C2COCCN2)CC1.Cl. The first-order valence-electron chi connectivity index (χ1n) is 7.94. The lowest BCUT2D eigenvalue weighted by Crippen LogP contribution is -2.57. The molecule has 0 aromatic carbocycles. The van der Waals surface area contributed by atoms with Crippen LogP contribution in [0, 0.1) is 13.8 Å². The van der Waals surface area contributed by atoms with E-state index < -0.39 is 10.0 Å². The van der Waals surface area contributed by atoms with Gasteiger partial charge in [0.25, 0.3) is 0 Å². The number of piperazine rings is 1. The minimum atomic E-state index is -3.66. The molecule has 0 saturated carbocycles. The Morgan fingerprint density at radius 1 is 1.24 bits per heavy atom. The Kier molecular flexibility index (Phi) is 6.44. The molecule has 3 rings (SSSR count). The number of aromatic nitrogens is 1. The van der Waals surface area contributed by atoms with Gasteiger partial charge >= 0.3 is 0 Å². The van der Waals surface area contributed by atoms with Crippen molar-refractivity contribution in [1.82, 2.24) is 19.7 Å². The molecule has 2 saturated heterocycles. The number of nitrogens with one attached hydrogen (secondary N) is 1. The van der Waals surface area contributed by atoms with Crippen molar-refractivity contribution in [1.29, 1.82) is 0 Å². The lowest BCUT2D eigenvalue weighted by atomic mass is 10.2. The fourth-order valence-electron chi connectivity index (χ4n) is 3.07. The standard InChI is InChI=1S/C14H22N4O5S.ClH/c1-10-13(11(2)23-16-10)24(20,21)18-6-4-17(5-7-18)14(19)12-9-22-8-3-15-12;/h12,15H,3-9H2,1-2H3;1H. The van der Waals surface area contributed by atoms with Crippen LogP contribution < -0.4 is 5.32 Å². The number of halogens is 1. The highest BCUT2D eigenvalue weighted by Crippen LogP contribution is 2.24. The number of aryl methyl sites for hydroxylation is 2. The largest absolute Gasteiger partial charge is 0.378 e. The van der Waals surface area contributed by atoms with Gasteiger partial charge in [-0.1, -0.05) is 5.16 Å². The van der Waals surface area contributed by atoms with Crippen LogP contribution in [0.25, 0.3) is 0 Å². The van der Waals surface area contributed by atoms with Gasteiger partial charge in [-0.2, -0.15) is 4.31 Å². The Hall–Kier alpha value is -1.20. The van der Waals surface area contributed by atoms with E-state index in [4.69, 9.17) is 9.26 Å². The first-order chi connectivity index (χ1) is 11.4. The summed E-state index contributed by atoms with van der Waals surface area (Å²) in [6.45, 7) is 6.04. The van der Waals surface area contributed by atoms with Gasteiger partial charge in [0.05, 0.1) is 13.2 Å². The van der Waals surface area contributed by atoms with Crippen LogP contribution in [0.15, 0.2) is 9.42 Å². The minimum Gasteiger partial charge on any atom is -0.378 e. The van der Waals surface area contributed by atoms with Gasteiger partial charge in [-0.25, -0.2) is 8.42 Å². The molecular formula is C14H23ClN4O5S. The normalized spacial score (nSPS) is 22.5. The van der Waals surface area contributed by atoms with E-state index in [9.17, 15) is 13.2 Å². The van der Waals surface area contributed by atoms with Crippen LogP contribution >= 0.6 is 12.4 Å². The van der Waals surface area contributed by atoms with Gasteiger partial charge in [0.2, 0.25) is 15.9 Å².